The number of nitrogens with one attached hydrogen (secondary N) is 2. The normalized spacial score (nSPS) is 19.8. The number of aliphatic imine (C=N–C) groups is 1. The summed E-state index contributed by atoms with van der Waals surface area (Å²) in [7, 11) is 0. The summed E-state index contributed by atoms with van der Waals surface area (Å²) in [6.07, 6.45) is 3.40. The monoisotopic (exact) mass is 502 g/mol. The van der Waals surface area contributed by atoms with Crippen molar-refractivity contribution in [2.45, 2.75) is 38.8 Å². The second kappa shape index (κ2) is 13.3. The molecule has 7 heteroatoms. The van der Waals surface area contributed by atoms with E-state index in [0.717, 1.165) is 84.3 Å². The minimum absolute atomic E-state index is 0. The molecule has 2 aliphatic rings. The molecule has 2 N–H and O–H groups in total. The Hall–Kier alpha value is -0.900. The van der Waals surface area contributed by atoms with Crippen LogP contribution in [0.2, 0.25) is 0 Å². The number of nitrogens with zero attached hydrogens (tertiary/aromatic N) is 2. The van der Waals surface area contributed by atoms with Gasteiger partial charge in [0.05, 0.1) is 12.7 Å². The van der Waals surface area contributed by atoms with Crippen molar-refractivity contribution in [3.63, 3.8) is 0 Å². The summed E-state index contributed by atoms with van der Waals surface area (Å²) in [5.74, 6) is 0.902. The Morgan fingerprint density at radius 2 is 2.14 bits per heavy atom. The largest absolute Gasteiger partial charge is 0.379 e. The third kappa shape index (κ3) is 7.85. The number of hydrogen-bond donors (Lipinski definition) is 2. The second-order valence-electron chi connectivity index (χ2n) is 7.19. The molecule has 2 heterocycles. The fraction of sp³-hybridized carbons (Fsp3) is 0.667. The van der Waals surface area contributed by atoms with Gasteiger partial charge in [-0.2, -0.15) is 0 Å². The molecule has 0 saturated carbocycles. The van der Waals surface area contributed by atoms with Gasteiger partial charge < -0.3 is 20.1 Å². The summed E-state index contributed by atoms with van der Waals surface area (Å²) in [4.78, 5) is 7.17. The first kappa shape index (κ1) is 23.4. The van der Waals surface area contributed by atoms with Crippen LogP contribution in [0.1, 0.15) is 30.9 Å². The van der Waals surface area contributed by atoms with E-state index in [-0.39, 0.29) is 30.1 Å². The highest BCUT2D eigenvalue weighted by Crippen LogP contribution is 2.17. The molecule has 0 bridgehead atoms. The van der Waals surface area contributed by atoms with E-state index in [1.54, 1.807) is 0 Å². The first-order chi connectivity index (χ1) is 13.3. The lowest BCUT2D eigenvalue weighted by Gasteiger charge is -2.28. The smallest absolute Gasteiger partial charge is 0.191 e. The minimum Gasteiger partial charge on any atom is -0.379 e. The summed E-state index contributed by atoms with van der Waals surface area (Å²) >= 11 is 0. The molecule has 0 aliphatic carbocycles. The molecule has 1 saturated heterocycles. The van der Waals surface area contributed by atoms with Gasteiger partial charge in [0, 0.05) is 52.5 Å². The molecular weight excluding hydrogens is 467 g/mol. The number of ether oxygens (including phenoxy) is 2. The topological polar surface area (TPSA) is 58.1 Å². The molecule has 0 aromatic heterocycles. The van der Waals surface area contributed by atoms with Crippen LogP contribution in [0, 0.1) is 0 Å². The molecule has 1 fully saturated rings. The maximum absolute atomic E-state index is 5.79. The SMILES string of the molecule is CCNC(=NCCCOC1CCOC1)NCCN1CCc2ccccc2C1.I. The van der Waals surface area contributed by atoms with Crippen molar-refractivity contribution in [2.24, 2.45) is 4.99 Å². The highest BCUT2D eigenvalue weighted by molar-refractivity contribution is 14.0. The third-order valence-corrected chi connectivity index (χ3v) is 5.09. The van der Waals surface area contributed by atoms with Crippen molar-refractivity contribution < 1.29 is 9.47 Å². The lowest BCUT2D eigenvalue weighted by Crippen LogP contribution is -2.42. The summed E-state index contributed by atoms with van der Waals surface area (Å²) in [5.41, 5.74) is 2.97. The maximum Gasteiger partial charge on any atom is 0.191 e. The quantitative estimate of drug-likeness (QED) is 0.235. The first-order valence-electron chi connectivity index (χ1n) is 10.4. The van der Waals surface area contributed by atoms with Gasteiger partial charge in [-0.3, -0.25) is 9.89 Å². The molecular formula is C21H35IN4O2. The number of guanidine groups is 1. The molecule has 1 unspecified atom stereocenters. The lowest BCUT2D eigenvalue weighted by atomic mass is 10.00. The molecule has 0 spiro atoms. The van der Waals surface area contributed by atoms with Crippen molar-refractivity contribution in [2.75, 3.05) is 52.5 Å². The van der Waals surface area contributed by atoms with E-state index >= 15 is 0 Å². The van der Waals surface area contributed by atoms with E-state index in [4.69, 9.17) is 9.47 Å². The van der Waals surface area contributed by atoms with Crippen LogP contribution in [0.5, 0.6) is 0 Å². The van der Waals surface area contributed by atoms with Crippen LogP contribution >= 0.6 is 24.0 Å². The molecule has 3 rings (SSSR count). The molecule has 0 amide bonds. The van der Waals surface area contributed by atoms with E-state index in [2.05, 4.69) is 51.7 Å². The van der Waals surface area contributed by atoms with E-state index in [0.29, 0.717) is 0 Å². The van der Waals surface area contributed by atoms with Crippen molar-refractivity contribution in [1.82, 2.24) is 15.5 Å². The highest BCUT2D eigenvalue weighted by atomic mass is 127. The zero-order valence-electron chi connectivity index (χ0n) is 17.0. The number of rotatable bonds is 9. The van der Waals surface area contributed by atoms with Gasteiger partial charge in [-0.1, -0.05) is 24.3 Å². The van der Waals surface area contributed by atoms with Crippen LogP contribution in [0.25, 0.3) is 0 Å². The molecule has 6 nitrogen and oxygen atoms in total. The predicted molar refractivity (Wildman–Crippen MR) is 125 cm³/mol. The fourth-order valence-corrected chi connectivity index (χ4v) is 3.57. The van der Waals surface area contributed by atoms with E-state index in [1.165, 1.54) is 11.1 Å². The van der Waals surface area contributed by atoms with Crippen LogP contribution in [-0.2, 0) is 22.4 Å². The maximum atomic E-state index is 5.79. The van der Waals surface area contributed by atoms with Crippen LogP contribution in [-0.4, -0.2) is 69.5 Å². The van der Waals surface area contributed by atoms with Crippen molar-refractivity contribution in [1.29, 1.82) is 0 Å². The van der Waals surface area contributed by atoms with Crippen LogP contribution in [0.4, 0.5) is 0 Å². The minimum atomic E-state index is 0. The van der Waals surface area contributed by atoms with E-state index < -0.39 is 0 Å². The van der Waals surface area contributed by atoms with Gasteiger partial charge in [0.2, 0.25) is 0 Å². The molecule has 158 valence electrons. The zero-order valence-corrected chi connectivity index (χ0v) is 19.3. The first-order valence-corrected chi connectivity index (χ1v) is 10.4. The van der Waals surface area contributed by atoms with Gasteiger partial charge in [-0.15, -0.1) is 24.0 Å². The Morgan fingerprint density at radius 1 is 1.29 bits per heavy atom. The standard InChI is InChI=1S/C21H34N4O2.HI/c1-2-22-21(23-10-5-14-27-20-9-15-26-17-20)24-11-13-25-12-8-18-6-3-4-7-19(18)16-25;/h3-4,6-7,20H,2,5,8-17H2,1H3,(H2,22,23,24);1H. The summed E-state index contributed by atoms with van der Waals surface area (Å²) in [6, 6.07) is 8.78. The van der Waals surface area contributed by atoms with Gasteiger partial charge in [0.15, 0.2) is 5.96 Å². The van der Waals surface area contributed by atoms with Gasteiger partial charge in [0.1, 0.15) is 0 Å². The number of hydrogen-bond acceptors (Lipinski definition) is 4. The average Bonchev–Trinajstić information content (AvgIpc) is 3.21. The van der Waals surface area contributed by atoms with Gasteiger partial charge in [-0.05, 0) is 37.3 Å². The average molecular weight is 502 g/mol. The third-order valence-electron chi connectivity index (χ3n) is 5.09. The van der Waals surface area contributed by atoms with Crippen LogP contribution in [0.15, 0.2) is 29.3 Å². The van der Waals surface area contributed by atoms with Crippen molar-refractivity contribution in [3.8, 4) is 0 Å². The summed E-state index contributed by atoms with van der Waals surface area (Å²) < 4.78 is 11.1. The number of halogens is 1. The van der Waals surface area contributed by atoms with Crippen LogP contribution < -0.4 is 10.6 Å². The van der Waals surface area contributed by atoms with Crippen LogP contribution in [0.3, 0.4) is 0 Å². The fourth-order valence-electron chi connectivity index (χ4n) is 3.57. The summed E-state index contributed by atoms with van der Waals surface area (Å²) in [6.45, 7) is 10.2. The Kier molecular flexibility index (Phi) is 11.1. The lowest BCUT2D eigenvalue weighted by molar-refractivity contribution is 0.0424. The van der Waals surface area contributed by atoms with Crippen molar-refractivity contribution in [3.05, 3.63) is 35.4 Å². The molecule has 1 aromatic rings. The predicted octanol–water partition coefficient (Wildman–Crippen LogP) is 2.41. The van der Waals surface area contributed by atoms with Gasteiger partial charge in [0.25, 0.3) is 0 Å². The highest BCUT2D eigenvalue weighted by Gasteiger charge is 2.16. The molecule has 28 heavy (non-hydrogen) atoms. The van der Waals surface area contributed by atoms with Gasteiger partial charge in [-0.25, -0.2) is 0 Å². The molecule has 0 radical (unpaired) electrons. The second-order valence-corrected chi connectivity index (χ2v) is 7.19. The number of benzene rings is 1. The Bertz CT molecular complexity index is 594. The Morgan fingerprint density at radius 3 is 2.93 bits per heavy atom. The molecule has 1 aromatic carbocycles. The Labute approximate surface area is 186 Å². The Balaban J connectivity index is 0.00000280. The molecule has 1 atom stereocenters. The molecule has 2 aliphatic heterocycles. The van der Waals surface area contributed by atoms with Gasteiger partial charge >= 0.3 is 0 Å². The van der Waals surface area contributed by atoms with Crippen molar-refractivity contribution >= 4 is 29.9 Å². The van der Waals surface area contributed by atoms with E-state index in [9.17, 15) is 0 Å². The summed E-state index contributed by atoms with van der Waals surface area (Å²) in [5, 5.41) is 6.79. The zero-order chi connectivity index (χ0) is 18.7. The number of fused-ring (bicyclic) bond motifs is 1. The van der Waals surface area contributed by atoms with E-state index in [1.807, 2.05) is 0 Å².